The van der Waals surface area contributed by atoms with Crippen molar-refractivity contribution in [1.82, 2.24) is 4.98 Å². The third-order valence-electron chi connectivity index (χ3n) is 3.89. The minimum Gasteiger partial charge on any atom is -0.479 e. The molecule has 7 nitrogen and oxygen atoms in total. The van der Waals surface area contributed by atoms with Crippen LogP contribution in [0.15, 0.2) is 36.4 Å². The maximum Gasteiger partial charge on any atom is 0.339 e. The molecule has 1 fully saturated rings. The normalized spacial score (nSPS) is 17.3. The number of aliphatic carboxylic acids is 1. The van der Waals surface area contributed by atoms with Gasteiger partial charge in [0.15, 0.2) is 6.10 Å². The fourth-order valence-corrected chi connectivity index (χ4v) is 2.63. The number of halogens is 1. The van der Waals surface area contributed by atoms with Gasteiger partial charge in [-0.2, -0.15) is 0 Å². The van der Waals surface area contributed by atoms with E-state index in [0.29, 0.717) is 17.8 Å². The molecule has 0 saturated carbocycles. The van der Waals surface area contributed by atoms with Gasteiger partial charge >= 0.3 is 11.9 Å². The summed E-state index contributed by atoms with van der Waals surface area (Å²) < 4.78 is 18.2. The summed E-state index contributed by atoms with van der Waals surface area (Å²) >= 11 is 0. The number of ether oxygens (including phenoxy) is 1. The highest BCUT2D eigenvalue weighted by Gasteiger charge is 2.29. The third kappa shape index (κ3) is 3.58. The number of carbonyl (C=O) groups is 2. The second kappa shape index (κ2) is 6.86. The standard InChI is InChI=1S/C17H15FN2O5/c18-11-3-1-10(2-4-11)13-6-5-12(16(21)22)15(19-13)20-7-8-25-14(9-20)17(23)24/h1-6,14H,7-9H2,(H,21,22)(H,23,24)/t14-/m0/s1. The van der Waals surface area contributed by atoms with Crippen LogP contribution in [-0.2, 0) is 9.53 Å². The van der Waals surface area contributed by atoms with E-state index >= 15 is 0 Å². The third-order valence-corrected chi connectivity index (χ3v) is 3.89. The minimum absolute atomic E-state index is 0.00448. The minimum atomic E-state index is -1.16. The average Bonchev–Trinajstić information content (AvgIpc) is 2.62. The lowest BCUT2D eigenvalue weighted by Crippen LogP contribution is -2.47. The Bertz CT molecular complexity index is 809. The lowest BCUT2D eigenvalue weighted by molar-refractivity contribution is -0.150. The molecule has 1 aliphatic heterocycles. The van der Waals surface area contributed by atoms with Crippen molar-refractivity contribution < 1.29 is 28.9 Å². The zero-order chi connectivity index (χ0) is 18.0. The zero-order valence-corrected chi connectivity index (χ0v) is 13.1. The largest absolute Gasteiger partial charge is 0.479 e. The number of pyridine rings is 1. The topological polar surface area (TPSA) is 100.0 Å². The molecule has 0 radical (unpaired) electrons. The van der Waals surface area contributed by atoms with Gasteiger partial charge in [0.25, 0.3) is 0 Å². The molecule has 1 aromatic carbocycles. The van der Waals surface area contributed by atoms with E-state index in [1.807, 2.05) is 0 Å². The first-order chi connectivity index (χ1) is 12.0. The van der Waals surface area contributed by atoms with E-state index in [1.54, 1.807) is 17.0 Å². The van der Waals surface area contributed by atoms with Gasteiger partial charge in [0.05, 0.1) is 18.8 Å². The fourth-order valence-electron chi connectivity index (χ4n) is 2.63. The summed E-state index contributed by atoms with van der Waals surface area (Å²) in [4.78, 5) is 28.6. The van der Waals surface area contributed by atoms with Crippen LogP contribution in [0.5, 0.6) is 0 Å². The van der Waals surface area contributed by atoms with Crippen molar-refractivity contribution in [2.45, 2.75) is 6.10 Å². The molecule has 3 rings (SSSR count). The highest BCUT2D eigenvalue weighted by Crippen LogP contribution is 2.26. The SMILES string of the molecule is O=C(O)c1ccc(-c2ccc(F)cc2)nc1N1CCO[C@H](C(=O)O)C1. The summed E-state index contributed by atoms with van der Waals surface area (Å²) in [6, 6.07) is 8.61. The molecule has 1 saturated heterocycles. The molecule has 2 N–H and O–H groups in total. The Morgan fingerprint density at radius 1 is 1.16 bits per heavy atom. The van der Waals surface area contributed by atoms with Crippen molar-refractivity contribution in [1.29, 1.82) is 0 Å². The van der Waals surface area contributed by atoms with Crippen molar-refractivity contribution in [3.05, 3.63) is 47.8 Å². The average molecular weight is 346 g/mol. The van der Waals surface area contributed by atoms with Crippen molar-refractivity contribution in [3.8, 4) is 11.3 Å². The molecule has 0 spiro atoms. The molecule has 2 heterocycles. The van der Waals surface area contributed by atoms with Gasteiger partial charge in [0, 0.05) is 12.1 Å². The predicted octanol–water partition coefficient (Wildman–Crippen LogP) is 1.88. The summed E-state index contributed by atoms with van der Waals surface area (Å²) in [6.45, 7) is 0.470. The Hall–Kier alpha value is -3.00. The fraction of sp³-hybridized carbons (Fsp3) is 0.235. The number of aromatic nitrogens is 1. The highest BCUT2D eigenvalue weighted by molar-refractivity contribution is 5.94. The Kier molecular flexibility index (Phi) is 4.62. The van der Waals surface area contributed by atoms with E-state index < -0.39 is 18.0 Å². The van der Waals surface area contributed by atoms with Gasteiger partial charge in [-0.1, -0.05) is 0 Å². The van der Waals surface area contributed by atoms with Crippen LogP contribution in [0, 0.1) is 5.82 Å². The molecule has 25 heavy (non-hydrogen) atoms. The summed E-state index contributed by atoms with van der Waals surface area (Å²) in [5, 5.41) is 18.5. The number of benzene rings is 1. The number of carboxylic acids is 2. The van der Waals surface area contributed by atoms with Crippen LogP contribution < -0.4 is 4.90 Å². The maximum atomic E-state index is 13.1. The van der Waals surface area contributed by atoms with Gasteiger partial charge in [-0.15, -0.1) is 0 Å². The summed E-state index contributed by atoms with van der Waals surface area (Å²) in [7, 11) is 0. The van der Waals surface area contributed by atoms with Crippen LogP contribution in [0.2, 0.25) is 0 Å². The highest BCUT2D eigenvalue weighted by atomic mass is 19.1. The molecule has 2 aromatic rings. The molecule has 130 valence electrons. The molecule has 0 amide bonds. The molecular formula is C17H15FN2O5. The smallest absolute Gasteiger partial charge is 0.339 e. The van der Waals surface area contributed by atoms with E-state index in [-0.39, 0.29) is 30.4 Å². The van der Waals surface area contributed by atoms with Gasteiger partial charge in [0.2, 0.25) is 0 Å². The monoisotopic (exact) mass is 346 g/mol. The van der Waals surface area contributed by atoms with E-state index in [0.717, 1.165) is 0 Å². The van der Waals surface area contributed by atoms with Crippen molar-refractivity contribution >= 4 is 17.8 Å². The van der Waals surface area contributed by atoms with Gasteiger partial charge in [-0.05, 0) is 36.4 Å². The van der Waals surface area contributed by atoms with Gasteiger partial charge in [0.1, 0.15) is 17.2 Å². The van der Waals surface area contributed by atoms with Crippen LogP contribution >= 0.6 is 0 Å². The first-order valence-corrected chi connectivity index (χ1v) is 7.55. The summed E-state index contributed by atoms with van der Waals surface area (Å²) in [5.74, 6) is -2.49. The lowest BCUT2D eigenvalue weighted by atomic mass is 10.1. The predicted molar refractivity (Wildman–Crippen MR) is 86.2 cm³/mol. The van der Waals surface area contributed by atoms with Crippen molar-refractivity contribution in [2.75, 3.05) is 24.6 Å². The van der Waals surface area contributed by atoms with E-state index in [4.69, 9.17) is 9.84 Å². The van der Waals surface area contributed by atoms with Crippen LogP contribution in [0.3, 0.4) is 0 Å². The first-order valence-electron chi connectivity index (χ1n) is 7.55. The number of rotatable bonds is 4. The molecule has 0 unspecified atom stereocenters. The number of morpholine rings is 1. The van der Waals surface area contributed by atoms with Crippen molar-refractivity contribution in [2.24, 2.45) is 0 Å². The first kappa shape index (κ1) is 16.8. The molecule has 1 atom stereocenters. The van der Waals surface area contributed by atoms with Crippen LogP contribution in [-0.4, -0.2) is 52.9 Å². The van der Waals surface area contributed by atoms with Gasteiger partial charge < -0.3 is 19.8 Å². The number of aromatic carboxylic acids is 1. The van der Waals surface area contributed by atoms with E-state index in [9.17, 15) is 19.1 Å². The van der Waals surface area contributed by atoms with Gasteiger partial charge in [-0.3, -0.25) is 0 Å². The quantitative estimate of drug-likeness (QED) is 0.872. The van der Waals surface area contributed by atoms with Crippen molar-refractivity contribution in [3.63, 3.8) is 0 Å². The number of nitrogens with zero attached hydrogens (tertiary/aromatic N) is 2. The van der Waals surface area contributed by atoms with Crippen LogP contribution in [0.4, 0.5) is 10.2 Å². The van der Waals surface area contributed by atoms with Crippen LogP contribution in [0.1, 0.15) is 10.4 Å². The zero-order valence-electron chi connectivity index (χ0n) is 13.1. The van der Waals surface area contributed by atoms with Gasteiger partial charge in [-0.25, -0.2) is 19.0 Å². The molecule has 0 bridgehead atoms. The Labute approximate surface area is 142 Å². The number of carboxylic acid groups (broad SMARTS) is 2. The molecule has 8 heteroatoms. The Morgan fingerprint density at radius 2 is 1.88 bits per heavy atom. The number of anilines is 1. The number of hydrogen-bond donors (Lipinski definition) is 2. The summed E-state index contributed by atoms with van der Waals surface area (Å²) in [5.41, 5.74) is 1.07. The molecule has 1 aromatic heterocycles. The Morgan fingerprint density at radius 3 is 2.52 bits per heavy atom. The van der Waals surface area contributed by atoms with E-state index in [2.05, 4.69) is 4.98 Å². The maximum absolute atomic E-state index is 13.1. The van der Waals surface area contributed by atoms with E-state index in [1.165, 1.54) is 24.3 Å². The second-order valence-electron chi connectivity index (χ2n) is 5.52. The number of hydrogen-bond acceptors (Lipinski definition) is 5. The second-order valence-corrected chi connectivity index (χ2v) is 5.52. The molecule has 0 aliphatic carbocycles. The Balaban J connectivity index is 2.00. The molecular weight excluding hydrogens is 331 g/mol. The summed E-state index contributed by atoms with van der Waals surface area (Å²) in [6.07, 6.45) is -1.05. The van der Waals surface area contributed by atoms with Crippen LogP contribution in [0.25, 0.3) is 11.3 Å². The lowest BCUT2D eigenvalue weighted by Gasteiger charge is -2.32. The molecule has 1 aliphatic rings.